The van der Waals surface area contributed by atoms with Crippen LogP contribution in [0.3, 0.4) is 0 Å². The molecule has 0 atom stereocenters. The Hall–Kier alpha value is -0.920. The van der Waals surface area contributed by atoms with Crippen molar-refractivity contribution in [3.05, 3.63) is 17.0 Å². The molecule has 6 nitrogen and oxygen atoms in total. The summed E-state index contributed by atoms with van der Waals surface area (Å²) in [6, 6.07) is 0.530. The summed E-state index contributed by atoms with van der Waals surface area (Å²) < 4.78 is 31.0. The van der Waals surface area contributed by atoms with E-state index in [4.69, 9.17) is 4.52 Å². The van der Waals surface area contributed by atoms with Crippen LogP contribution in [0.25, 0.3) is 0 Å². The molecule has 0 amide bonds. The highest BCUT2D eigenvalue weighted by atomic mass is 32.2. The summed E-state index contributed by atoms with van der Waals surface area (Å²) >= 11 is 0. The Kier molecular flexibility index (Phi) is 4.04. The fourth-order valence-corrected chi connectivity index (χ4v) is 2.59. The van der Waals surface area contributed by atoms with Crippen LogP contribution in [0.15, 0.2) is 4.52 Å². The van der Waals surface area contributed by atoms with Crippen molar-refractivity contribution >= 4 is 10.0 Å². The van der Waals surface area contributed by atoms with Crippen LogP contribution in [-0.2, 0) is 16.6 Å². The fourth-order valence-electron chi connectivity index (χ4n) is 1.69. The van der Waals surface area contributed by atoms with E-state index < -0.39 is 10.0 Å². The lowest BCUT2D eigenvalue weighted by atomic mass is 10.2. The third-order valence-electron chi connectivity index (χ3n) is 3.03. The SMILES string of the molecule is Cc1noc(C)c1CNS(=O)(=O)CCNC1CC1. The van der Waals surface area contributed by atoms with Crippen molar-refractivity contribution in [1.82, 2.24) is 15.2 Å². The molecule has 1 heterocycles. The molecule has 0 bridgehead atoms. The van der Waals surface area contributed by atoms with Crippen molar-refractivity contribution in [2.75, 3.05) is 12.3 Å². The quantitative estimate of drug-likeness (QED) is 0.754. The number of rotatable bonds is 7. The molecule has 2 rings (SSSR count). The van der Waals surface area contributed by atoms with Crippen LogP contribution < -0.4 is 10.0 Å². The summed E-state index contributed by atoms with van der Waals surface area (Å²) in [5.74, 6) is 0.763. The average Bonchev–Trinajstić information content (AvgIpc) is 3.04. The summed E-state index contributed by atoms with van der Waals surface area (Å²) in [5.41, 5.74) is 1.54. The summed E-state index contributed by atoms with van der Waals surface area (Å²) in [4.78, 5) is 0. The molecule has 0 radical (unpaired) electrons. The summed E-state index contributed by atoms with van der Waals surface area (Å²) in [6.45, 7) is 4.32. The van der Waals surface area contributed by atoms with Gasteiger partial charge in [-0.25, -0.2) is 13.1 Å². The van der Waals surface area contributed by atoms with Gasteiger partial charge in [-0.15, -0.1) is 0 Å². The van der Waals surface area contributed by atoms with Gasteiger partial charge in [0.1, 0.15) is 5.76 Å². The average molecular weight is 273 g/mol. The maximum absolute atomic E-state index is 11.7. The Morgan fingerprint density at radius 3 is 2.67 bits per heavy atom. The normalized spacial score (nSPS) is 16.1. The second-order valence-corrected chi connectivity index (χ2v) is 6.60. The third-order valence-corrected chi connectivity index (χ3v) is 4.36. The van der Waals surface area contributed by atoms with Crippen molar-refractivity contribution in [1.29, 1.82) is 0 Å². The monoisotopic (exact) mass is 273 g/mol. The van der Waals surface area contributed by atoms with Gasteiger partial charge in [0.25, 0.3) is 0 Å². The molecule has 2 N–H and O–H groups in total. The number of hydrogen-bond donors (Lipinski definition) is 2. The van der Waals surface area contributed by atoms with Gasteiger partial charge < -0.3 is 9.84 Å². The first kappa shape index (κ1) is 13.5. The predicted octanol–water partition coefficient (Wildman–Crippen LogP) is 0.463. The first-order valence-corrected chi connectivity index (χ1v) is 7.75. The van der Waals surface area contributed by atoms with Gasteiger partial charge >= 0.3 is 0 Å². The molecule has 1 aliphatic carbocycles. The van der Waals surface area contributed by atoms with Crippen LogP contribution in [0.2, 0.25) is 0 Å². The molecular weight excluding hydrogens is 254 g/mol. The van der Waals surface area contributed by atoms with E-state index in [-0.39, 0.29) is 12.3 Å². The van der Waals surface area contributed by atoms with Crippen LogP contribution in [-0.4, -0.2) is 31.9 Å². The number of nitrogens with one attached hydrogen (secondary N) is 2. The Morgan fingerprint density at radius 2 is 2.11 bits per heavy atom. The van der Waals surface area contributed by atoms with E-state index in [2.05, 4.69) is 15.2 Å². The lowest BCUT2D eigenvalue weighted by Gasteiger charge is -2.07. The number of aryl methyl sites for hydroxylation is 2. The van der Waals surface area contributed by atoms with E-state index in [1.54, 1.807) is 13.8 Å². The van der Waals surface area contributed by atoms with Gasteiger partial charge in [0.15, 0.2) is 0 Å². The Labute approximate surface area is 107 Å². The summed E-state index contributed by atoms with van der Waals surface area (Å²) in [6.07, 6.45) is 2.32. The lowest BCUT2D eigenvalue weighted by Crippen LogP contribution is -2.32. The molecule has 1 aromatic heterocycles. The summed E-state index contributed by atoms with van der Waals surface area (Å²) in [7, 11) is -3.24. The van der Waals surface area contributed by atoms with Crippen molar-refractivity contribution in [2.24, 2.45) is 0 Å². The standard InChI is InChI=1S/C11H19N3O3S/c1-8-11(9(2)17-14-8)7-13-18(15,16)6-5-12-10-3-4-10/h10,12-13H,3-7H2,1-2H3. The Morgan fingerprint density at radius 1 is 1.39 bits per heavy atom. The molecule has 7 heteroatoms. The zero-order chi connectivity index (χ0) is 13.2. The lowest BCUT2D eigenvalue weighted by molar-refractivity contribution is 0.392. The minimum atomic E-state index is -3.24. The number of aromatic nitrogens is 1. The van der Waals surface area contributed by atoms with Crippen molar-refractivity contribution < 1.29 is 12.9 Å². The molecule has 0 unspecified atom stereocenters. The van der Waals surface area contributed by atoms with Crippen LogP contribution in [0.5, 0.6) is 0 Å². The second-order valence-electron chi connectivity index (χ2n) is 4.67. The molecule has 0 aromatic carbocycles. The van der Waals surface area contributed by atoms with E-state index in [0.717, 1.165) is 24.1 Å². The van der Waals surface area contributed by atoms with Crippen LogP contribution in [0.4, 0.5) is 0 Å². The van der Waals surface area contributed by atoms with Gasteiger partial charge in [0.2, 0.25) is 10.0 Å². The second kappa shape index (κ2) is 5.38. The number of hydrogen-bond acceptors (Lipinski definition) is 5. The zero-order valence-electron chi connectivity index (χ0n) is 10.7. The Bertz CT molecular complexity index is 486. The van der Waals surface area contributed by atoms with Gasteiger partial charge in [-0.05, 0) is 26.7 Å². The topological polar surface area (TPSA) is 84.2 Å². The van der Waals surface area contributed by atoms with Gasteiger partial charge in [-0.2, -0.15) is 0 Å². The predicted molar refractivity (Wildman–Crippen MR) is 67.6 cm³/mol. The smallest absolute Gasteiger partial charge is 0.213 e. The highest BCUT2D eigenvalue weighted by Crippen LogP contribution is 2.18. The van der Waals surface area contributed by atoms with Crippen LogP contribution in [0, 0.1) is 13.8 Å². The molecule has 0 spiro atoms. The van der Waals surface area contributed by atoms with Gasteiger partial charge in [-0.1, -0.05) is 5.16 Å². The highest BCUT2D eigenvalue weighted by molar-refractivity contribution is 7.89. The van der Waals surface area contributed by atoms with Crippen molar-refractivity contribution in [3.8, 4) is 0 Å². The highest BCUT2D eigenvalue weighted by Gasteiger charge is 2.21. The minimum absolute atomic E-state index is 0.104. The van der Waals surface area contributed by atoms with Gasteiger partial charge in [-0.3, -0.25) is 0 Å². The van der Waals surface area contributed by atoms with Crippen LogP contribution >= 0.6 is 0 Å². The molecule has 102 valence electrons. The fraction of sp³-hybridized carbons (Fsp3) is 0.727. The van der Waals surface area contributed by atoms with Gasteiger partial charge in [0.05, 0.1) is 11.4 Å². The van der Waals surface area contributed by atoms with Crippen LogP contribution in [0.1, 0.15) is 29.9 Å². The summed E-state index contributed by atoms with van der Waals surface area (Å²) in [5, 5.41) is 6.97. The van der Waals surface area contributed by atoms with Crippen molar-refractivity contribution in [3.63, 3.8) is 0 Å². The first-order valence-electron chi connectivity index (χ1n) is 6.10. The molecule has 1 aromatic rings. The molecule has 1 aliphatic rings. The van der Waals surface area contributed by atoms with Crippen molar-refractivity contribution in [2.45, 2.75) is 39.3 Å². The largest absolute Gasteiger partial charge is 0.361 e. The van der Waals surface area contributed by atoms with Gasteiger partial charge in [0, 0.05) is 24.7 Å². The molecular formula is C11H19N3O3S. The van der Waals surface area contributed by atoms with E-state index in [1.807, 2.05) is 0 Å². The van der Waals surface area contributed by atoms with E-state index >= 15 is 0 Å². The van der Waals surface area contributed by atoms with E-state index in [0.29, 0.717) is 18.3 Å². The zero-order valence-corrected chi connectivity index (χ0v) is 11.5. The first-order chi connectivity index (χ1) is 8.48. The number of sulfonamides is 1. The van der Waals surface area contributed by atoms with E-state index in [9.17, 15) is 8.42 Å². The molecule has 0 aliphatic heterocycles. The maximum Gasteiger partial charge on any atom is 0.213 e. The maximum atomic E-state index is 11.7. The molecule has 1 saturated carbocycles. The molecule has 18 heavy (non-hydrogen) atoms. The minimum Gasteiger partial charge on any atom is -0.361 e. The Balaban J connectivity index is 1.80. The number of nitrogens with zero attached hydrogens (tertiary/aromatic N) is 1. The van der Waals surface area contributed by atoms with E-state index in [1.165, 1.54) is 0 Å². The molecule has 1 fully saturated rings. The molecule has 0 saturated heterocycles. The third kappa shape index (κ3) is 3.79.